The predicted molar refractivity (Wildman–Crippen MR) is 108 cm³/mol. The number of hydrogen-bond donors (Lipinski definition) is 0. The lowest BCUT2D eigenvalue weighted by atomic mass is 10.2. The molecule has 0 saturated heterocycles. The Balaban J connectivity index is 1.89. The highest BCUT2D eigenvalue weighted by Crippen LogP contribution is 2.36. The molecule has 0 aliphatic carbocycles. The first-order valence-electron chi connectivity index (χ1n) is 8.81. The van der Waals surface area contributed by atoms with E-state index in [9.17, 15) is 8.42 Å². The average Bonchev–Trinajstić information content (AvgIpc) is 3.25. The van der Waals surface area contributed by atoms with Gasteiger partial charge in [0.1, 0.15) is 10.6 Å². The van der Waals surface area contributed by atoms with Crippen molar-refractivity contribution in [3.05, 3.63) is 66.4 Å². The smallest absolute Gasteiger partial charge is 0.209 e. The standard InChI is InChI=1S/C21H21N3O3S/c1-14-10-16(24-11-15(2)22-13-24)8-9-19(14)28(25,26)20-12-23(3)17-6-5-7-18(27-4)21(17)20/h5-13H,1-4H3. The molecule has 2 aromatic carbocycles. The van der Waals surface area contributed by atoms with Gasteiger partial charge in [-0.3, -0.25) is 0 Å². The minimum atomic E-state index is -3.73. The molecular formula is C21H21N3O3S. The Morgan fingerprint density at radius 2 is 1.82 bits per heavy atom. The van der Waals surface area contributed by atoms with Crippen LogP contribution >= 0.6 is 0 Å². The first-order valence-corrected chi connectivity index (χ1v) is 10.3. The number of fused-ring (bicyclic) bond motifs is 1. The fraction of sp³-hybridized carbons (Fsp3) is 0.190. The van der Waals surface area contributed by atoms with E-state index in [2.05, 4.69) is 4.98 Å². The monoisotopic (exact) mass is 395 g/mol. The number of imidazole rings is 1. The molecule has 0 aliphatic rings. The van der Waals surface area contributed by atoms with Crippen LogP contribution < -0.4 is 4.74 Å². The number of sulfone groups is 1. The van der Waals surface area contributed by atoms with Crippen molar-refractivity contribution in [2.45, 2.75) is 23.6 Å². The predicted octanol–water partition coefficient (Wildman–Crippen LogP) is 3.82. The largest absolute Gasteiger partial charge is 0.496 e. The van der Waals surface area contributed by atoms with E-state index in [1.807, 2.05) is 54.4 Å². The maximum atomic E-state index is 13.5. The molecule has 0 spiro atoms. The summed E-state index contributed by atoms with van der Waals surface area (Å²) in [6.45, 7) is 3.72. The molecule has 0 amide bonds. The number of nitrogens with zero attached hydrogens (tertiary/aromatic N) is 3. The van der Waals surface area contributed by atoms with E-state index in [0.717, 1.165) is 16.9 Å². The van der Waals surface area contributed by atoms with Crippen LogP contribution in [0.5, 0.6) is 5.75 Å². The summed E-state index contributed by atoms with van der Waals surface area (Å²) in [5, 5.41) is 0.598. The SMILES string of the molecule is COc1cccc2c1c(S(=O)(=O)c1ccc(-n3cnc(C)c3)cc1C)cn2C. The molecule has 6 nitrogen and oxygen atoms in total. The Hall–Kier alpha value is -3.06. The van der Waals surface area contributed by atoms with E-state index in [0.29, 0.717) is 16.7 Å². The molecule has 28 heavy (non-hydrogen) atoms. The highest BCUT2D eigenvalue weighted by atomic mass is 32.2. The van der Waals surface area contributed by atoms with Crippen molar-refractivity contribution < 1.29 is 13.2 Å². The van der Waals surface area contributed by atoms with Crippen LogP contribution in [0.2, 0.25) is 0 Å². The number of aromatic nitrogens is 3. The summed E-state index contributed by atoms with van der Waals surface area (Å²) in [7, 11) is -0.349. The highest BCUT2D eigenvalue weighted by molar-refractivity contribution is 7.91. The Bertz CT molecular complexity index is 1300. The van der Waals surface area contributed by atoms with Gasteiger partial charge >= 0.3 is 0 Å². The molecule has 2 aromatic heterocycles. The van der Waals surface area contributed by atoms with Crippen LogP contribution in [0.3, 0.4) is 0 Å². The van der Waals surface area contributed by atoms with Gasteiger partial charge in [-0.15, -0.1) is 0 Å². The molecule has 7 heteroatoms. The Kier molecular flexibility index (Phi) is 4.27. The summed E-state index contributed by atoms with van der Waals surface area (Å²) in [4.78, 5) is 4.76. The van der Waals surface area contributed by atoms with Gasteiger partial charge in [0.25, 0.3) is 0 Å². The number of ether oxygens (including phenoxy) is 1. The molecule has 0 atom stereocenters. The zero-order chi connectivity index (χ0) is 20.1. The van der Waals surface area contributed by atoms with Crippen molar-refractivity contribution in [1.29, 1.82) is 0 Å². The van der Waals surface area contributed by atoms with Crippen molar-refractivity contribution in [3.8, 4) is 11.4 Å². The van der Waals surface area contributed by atoms with Crippen LogP contribution in [0, 0.1) is 13.8 Å². The second-order valence-electron chi connectivity index (χ2n) is 6.83. The van der Waals surface area contributed by atoms with Crippen molar-refractivity contribution in [3.63, 3.8) is 0 Å². The first-order chi connectivity index (χ1) is 13.3. The van der Waals surface area contributed by atoms with E-state index in [1.165, 1.54) is 0 Å². The van der Waals surface area contributed by atoms with Crippen molar-refractivity contribution in [2.24, 2.45) is 7.05 Å². The minimum Gasteiger partial charge on any atom is -0.496 e. The molecule has 0 bridgehead atoms. The molecule has 0 unspecified atom stereocenters. The van der Waals surface area contributed by atoms with Gasteiger partial charge in [0.05, 0.1) is 34.9 Å². The zero-order valence-electron chi connectivity index (χ0n) is 16.2. The molecule has 4 aromatic rings. The number of benzene rings is 2. The topological polar surface area (TPSA) is 66.1 Å². The van der Waals surface area contributed by atoms with E-state index in [-0.39, 0.29) is 9.79 Å². The normalized spacial score (nSPS) is 11.9. The minimum absolute atomic E-state index is 0.247. The van der Waals surface area contributed by atoms with Gasteiger partial charge < -0.3 is 13.9 Å². The summed E-state index contributed by atoms with van der Waals surface area (Å²) < 4.78 is 36.1. The molecule has 0 aliphatic heterocycles. The molecule has 0 fully saturated rings. The van der Waals surface area contributed by atoms with Crippen LogP contribution in [0.15, 0.2) is 64.9 Å². The third-order valence-corrected chi connectivity index (χ3v) is 6.83. The fourth-order valence-corrected chi connectivity index (χ4v) is 5.26. The summed E-state index contributed by atoms with van der Waals surface area (Å²) in [6, 6.07) is 10.8. The van der Waals surface area contributed by atoms with Gasteiger partial charge in [-0.2, -0.15) is 0 Å². The second kappa shape index (κ2) is 6.53. The van der Waals surface area contributed by atoms with E-state index >= 15 is 0 Å². The summed E-state index contributed by atoms with van der Waals surface area (Å²) in [5.74, 6) is 0.542. The van der Waals surface area contributed by atoms with Gasteiger partial charge in [-0.05, 0) is 49.7 Å². The third kappa shape index (κ3) is 2.79. The van der Waals surface area contributed by atoms with Crippen molar-refractivity contribution >= 4 is 20.7 Å². The second-order valence-corrected chi connectivity index (χ2v) is 8.72. The zero-order valence-corrected chi connectivity index (χ0v) is 17.0. The maximum Gasteiger partial charge on any atom is 0.209 e. The summed E-state index contributed by atoms with van der Waals surface area (Å²) in [5.41, 5.74) is 3.25. The molecule has 0 radical (unpaired) electrons. The highest BCUT2D eigenvalue weighted by Gasteiger charge is 2.26. The molecule has 0 N–H and O–H groups in total. The van der Waals surface area contributed by atoms with Crippen LogP contribution in [-0.2, 0) is 16.9 Å². The van der Waals surface area contributed by atoms with Crippen LogP contribution in [0.25, 0.3) is 16.6 Å². The number of hydrogen-bond acceptors (Lipinski definition) is 4. The maximum absolute atomic E-state index is 13.5. The van der Waals surface area contributed by atoms with Crippen molar-refractivity contribution in [1.82, 2.24) is 14.1 Å². The van der Waals surface area contributed by atoms with Gasteiger partial charge in [-0.25, -0.2) is 13.4 Å². The summed E-state index contributed by atoms with van der Waals surface area (Å²) in [6.07, 6.45) is 5.27. The lowest BCUT2D eigenvalue weighted by Crippen LogP contribution is -2.05. The van der Waals surface area contributed by atoms with Crippen LogP contribution in [0.1, 0.15) is 11.3 Å². The Labute approximate surface area is 163 Å². The van der Waals surface area contributed by atoms with E-state index in [4.69, 9.17) is 4.74 Å². The third-order valence-electron chi connectivity index (χ3n) is 4.91. The molecule has 4 rings (SSSR count). The lowest BCUT2D eigenvalue weighted by molar-refractivity contribution is 0.419. The van der Waals surface area contributed by atoms with E-state index in [1.54, 1.807) is 37.8 Å². The van der Waals surface area contributed by atoms with Gasteiger partial charge in [0.2, 0.25) is 9.84 Å². The van der Waals surface area contributed by atoms with Gasteiger partial charge in [-0.1, -0.05) is 6.07 Å². The Morgan fingerprint density at radius 3 is 2.46 bits per heavy atom. The number of methoxy groups -OCH3 is 1. The first kappa shape index (κ1) is 18.3. The quantitative estimate of drug-likeness (QED) is 0.527. The molecule has 144 valence electrons. The van der Waals surface area contributed by atoms with Crippen LogP contribution in [0.4, 0.5) is 0 Å². The molecular weight excluding hydrogens is 374 g/mol. The van der Waals surface area contributed by atoms with Gasteiger partial charge in [0.15, 0.2) is 0 Å². The van der Waals surface area contributed by atoms with Crippen molar-refractivity contribution in [2.75, 3.05) is 7.11 Å². The number of aryl methyl sites for hydroxylation is 3. The van der Waals surface area contributed by atoms with Gasteiger partial charge in [0, 0.05) is 25.1 Å². The Morgan fingerprint density at radius 1 is 1.04 bits per heavy atom. The number of rotatable bonds is 4. The molecule has 0 saturated carbocycles. The average molecular weight is 395 g/mol. The van der Waals surface area contributed by atoms with Crippen LogP contribution in [-0.4, -0.2) is 29.6 Å². The fourth-order valence-electron chi connectivity index (χ4n) is 3.52. The molecule has 2 heterocycles. The summed E-state index contributed by atoms with van der Waals surface area (Å²) >= 11 is 0. The lowest BCUT2D eigenvalue weighted by Gasteiger charge is -2.11. The van der Waals surface area contributed by atoms with E-state index < -0.39 is 9.84 Å².